The van der Waals surface area contributed by atoms with Gasteiger partial charge in [-0.2, -0.15) is 4.98 Å². The maximum Gasteiger partial charge on any atom is 0.302 e. The van der Waals surface area contributed by atoms with Gasteiger partial charge in [0.2, 0.25) is 5.95 Å². The van der Waals surface area contributed by atoms with E-state index in [2.05, 4.69) is 20.8 Å². The summed E-state index contributed by atoms with van der Waals surface area (Å²) in [6.45, 7) is 1.12. The predicted octanol–water partition coefficient (Wildman–Crippen LogP) is 2.68. The standard InChI is InChI=1S/C20H22N6O3/c1-25(2)10-11-28-24-18(27)13-8-9-16-15(12-13)21-19(26(16)3)23-20-22-14-6-4-5-7-17(14)29-20/h4-9,12H,10-11H2,1-3H3,(H,24,27)(H,21,22,23). The van der Waals surface area contributed by atoms with E-state index in [-0.39, 0.29) is 5.91 Å². The lowest BCUT2D eigenvalue weighted by atomic mass is 10.2. The second-order valence-corrected chi connectivity index (χ2v) is 6.89. The molecule has 0 spiro atoms. The molecule has 0 atom stereocenters. The highest BCUT2D eigenvalue weighted by atomic mass is 16.6. The number of aryl methyl sites for hydroxylation is 1. The minimum Gasteiger partial charge on any atom is -0.423 e. The number of nitrogens with zero attached hydrogens (tertiary/aromatic N) is 4. The molecule has 0 unspecified atom stereocenters. The molecule has 29 heavy (non-hydrogen) atoms. The number of rotatable bonds is 7. The second-order valence-electron chi connectivity index (χ2n) is 6.89. The number of imidazole rings is 1. The molecule has 2 aromatic carbocycles. The third kappa shape index (κ3) is 4.05. The van der Waals surface area contributed by atoms with Crippen LogP contribution in [-0.2, 0) is 11.9 Å². The Kier molecular flexibility index (Phi) is 5.15. The average Bonchev–Trinajstić information content (AvgIpc) is 3.25. The number of oxazole rings is 1. The van der Waals surface area contributed by atoms with Crippen LogP contribution in [-0.4, -0.2) is 52.6 Å². The zero-order valence-electron chi connectivity index (χ0n) is 16.5. The van der Waals surface area contributed by atoms with Gasteiger partial charge in [-0.25, -0.2) is 10.5 Å². The molecule has 0 aliphatic carbocycles. The van der Waals surface area contributed by atoms with Gasteiger partial charge in [0.05, 0.1) is 17.6 Å². The highest BCUT2D eigenvalue weighted by Crippen LogP contribution is 2.24. The first-order chi connectivity index (χ1) is 14.0. The smallest absolute Gasteiger partial charge is 0.302 e. The molecule has 0 fully saturated rings. The molecular formula is C20H22N6O3. The van der Waals surface area contributed by atoms with E-state index in [1.165, 1.54) is 0 Å². The van der Waals surface area contributed by atoms with E-state index in [1.807, 2.05) is 60.9 Å². The maximum absolute atomic E-state index is 12.3. The summed E-state index contributed by atoms with van der Waals surface area (Å²) in [6.07, 6.45) is 0. The molecular weight excluding hydrogens is 372 g/mol. The Morgan fingerprint density at radius 2 is 2.00 bits per heavy atom. The summed E-state index contributed by atoms with van der Waals surface area (Å²) in [5, 5.41) is 3.10. The summed E-state index contributed by atoms with van der Waals surface area (Å²) in [4.78, 5) is 28.4. The number of hydrogen-bond donors (Lipinski definition) is 2. The van der Waals surface area contributed by atoms with Crippen molar-refractivity contribution in [3.63, 3.8) is 0 Å². The van der Waals surface area contributed by atoms with Crippen LogP contribution in [0.15, 0.2) is 46.9 Å². The Labute approximate surface area is 167 Å². The molecule has 0 saturated heterocycles. The van der Waals surface area contributed by atoms with Crippen LogP contribution in [0.3, 0.4) is 0 Å². The molecule has 2 heterocycles. The summed E-state index contributed by atoms with van der Waals surface area (Å²) >= 11 is 0. The van der Waals surface area contributed by atoms with E-state index in [9.17, 15) is 4.79 Å². The number of para-hydroxylation sites is 2. The van der Waals surface area contributed by atoms with Crippen molar-refractivity contribution >= 4 is 40.0 Å². The van der Waals surface area contributed by atoms with Gasteiger partial charge in [-0.1, -0.05) is 12.1 Å². The molecule has 0 bridgehead atoms. The highest BCUT2D eigenvalue weighted by Gasteiger charge is 2.14. The molecule has 0 saturated carbocycles. The highest BCUT2D eigenvalue weighted by molar-refractivity contribution is 5.97. The number of aromatic nitrogens is 3. The Morgan fingerprint density at radius 1 is 1.17 bits per heavy atom. The molecule has 2 aromatic heterocycles. The molecule has 4 rings (SSSR count). The summed E-state index contributed by atoms with van der Waals surface area (Å²) in [7, 11) is 5.75. The van der Waals surface area contributed by atoms with Crippen LogP contribution >= 0.6 is 0 Å². The van der Waals surface area contributed by atoms with Gasteiger partial charge < -0.3 is 13.9 Å². The maximum atomic E-state index is 12.3. The van der Waals surface area contributed by atoms with Crippen molar-refractivity contribution in [1.29, 1.82) is 0 Å². The molecule has 0 aliphatic heterocycles. The van der Waals surface area contributed by atoms with Crippen LogP contribution in [0.4, 0.5) is 12.0 Å². The number of carbonyl (C=O) groups excluding carboxylic acids is 1. The lowest BCUT2D eigenvalue weighted by Crippen LogP contribution is -2.28. The number of nitrogens with one attached hydrogen (secondary N) is 2. The predicted molar refractivity (Wildman–Crippen MR) is 110 cm³/mol. The van der Waals surface area contributed by atoms with E-state index in [1.54, 1.807) is 12.1 Å². The number of anilines is 2. The van der Waals surface area contributed by atoms with E-state index in [4.69, 9.17) is 9.25 Å². The monoisotopic (exact) mass is 394 g/mol. The minimum absolute atomic E-state index is 0.315. The fourth-order valence-corrected chi connectivity index (χ4v) is 2.88. The summed E-state index contributed by atoms with van der Waals surface area (Å²) in [5.74, 6) is 0.246. The van der Waals surface area contributed by atoms with Crippen molar-refractivity contribution in [2.24, 2.45) is 7.05 Å². The van der Waals surface area contributed by atoms with E-state index >= 15 is 0 Å². The van der Waals surface area contributed by atoms with Gasteiger partial charge in [-0.3, -0.25) is 14.9 Å². The van der Waals surface area contributed by atoms with Crippen molar-refractivity contribution in [3.05, 3.63) is 48.0 Å². The molecule has 0 radical (unpaired) electrons. The van der Waals surface area contributed by atoms with Crippen molar-refractivity contribution in [1.82, 2.24) is 24.9 Å². The largest absolute Gasteiger partial charge is 0.423 e. The molecule has 1 amide bonds. The zero-order valence-corrected chi connectivity index (χ0v) is 16.5. The molecule has 0 aliphatic rings. The number of carbonyl (C=O) groups is 1. The van der Waals surface area contributed by atoms with Crippen molar-refractivity contribution in [3.8, 4) is 0 Å². The quantitative estimate of drug-likeness (QED) is 0.367. The van der Waals surface area contributed by atoms with Gasteiger partial charge in [0.15, 0.2) is 5.58 Å². The summed E-state index contributed by atoms with van der Waals surface area (Å²) < 4.78 is 7.57. The number of likely N-dealkylation sites (N-methyl/N-ethyl adjacent to an activating group) is 1. The van der Waals surface area contributed by atoms with Gasteiger partial charge in [-0.15, -0.1) is 0 Å². The molecule has 4 aromatic rings. The van der Waals surface area contributed by atoms with Crippen molar-refractivity contribution < 1.29 is 14.0 Å². The SMILES string of the molecule is CN(C)CCONC(=O)c1ccc2c(c1)nc(Nc1nc3ccccc3o1)n2C. The minimum atomic E-state index is -0.315. The molecule has 9 heteroatoms. The molecule has 2 N–H and O–H groups in total. The summed E-state index contributed by atoms with van der Waals surface area (Å²) in [5.41, 5.74) is 5.93. The lowest BCUT2D eigenvalue weighted by molar-refractivity contribution is 0.0263. The number of fused-ring (bicyclic) bond motifs is 2. The average molecular weight is 394 g/mol. The van der Waals surface area contributed by atoms with Crippen LogP contribution in [0.5, 0.6) is 0 Å². The number of hydroxylamine groups is 1. The van der Waals surface area contributed by atoms with E-state index in [0.717, 1.165) is 11.0 Å². The van der Waals surface area contributed by atoms with Crippen LogP contribution in [0.25, 0.3) is 22.1 Å². The first kappa shape index (κ1) is 18.9. The fourth-order valence-electron chi connectivity index (χ4n) is 2.88. The van der Waals surface area contributed by atoms with Gasteiger partial charge in [-0.05, 0) is 44.4 Å². The number of hydrogen-bond acceptors (Lipinski definition) is 7. The van der Waals surface area contributed by atoms with Gasteiger partial charge in [0.25, 0.3) is 5.91 Å². The topological polar surface area (TPSA) is 97.4 Å². The molecule has 150 valence electrons. The van der Waals surface area contributed by atoms with Gasteiger partial charge in [0.1, 0.15) is 5.52 Å². The molecule has 9 nitrogen and oxygen atoms in total. The van der Waals surface area contributed by atoms with Gasteiger partial charge >= 0.3 is 6.01 Å². The third-order valence-corrected chi connectivity index (χ3v) is 4.46. The van der Waals surface area contributed by atoms with Crippen LogP contribution in [0.2, 0.25) is 0 Å². The number of amides is 1. The first-order valence-corrected chi connectivity index (χ1v) is 9.17. The Balaban J connectivity index is 1.51. The Bertz CT molecular complexity index is 1130. The Hall–Kier alpha value is -3.43. The summed E-state index contributed by atoms with van der Waals surface area (Å²) in [6, 6.07) is 13.2. The van der Waals surface area contributed by atoms with E-state index < -0.39 is 0 Å². The second kappa shape index (κ2) is 7.90. The van der Waals surface area contributed by atoms with Crippen LogP contribution in [0, 0.1) is 0 Å². The zero-order chi connectivity index (χ0) is 20.4. The van der Waals surface area contributed by atoms with Crippen molar-refractivity contribution in [2.75, 3.05) is 32.6 Å². The van der Waals surface area contributed by atoms with E-state index in [0.29, 0.717) is 41.8 Å². The van der Waals surface area contributed by atoms with Crippen molar-refractivity contribution in [2.45, 2.75) is 0 Å². The van der Waals surface area contributed by atoms with Crippen LogP contribution in [0.1, 0.15) is 10.4 Å². The number of benzene rings is 2. The van der Waals surface area contributed by atoms with Crippen LogP contribution < -0.4 is 10.8 Å². The first-order valence-electron chi connectivity index (χ1n) is 9.17. The lowest BCUT2D eigenvalue weighted by Gasteiger charge is -2.10. The normalized spacial score (nSPS) is 11.4. The Morgan fingerprint density at radius 3 is 2.79 bits per heavy atom. The fraction of sp³-hybridized carbons (Fsp3) is 0.250. The third-order valence-electron chi connectivity index (χ3n) is 4.46. The van der Waals surface area contributed by atoms with Gasteiger partial charge in [0, 0.05) is 19.2 Å².